The number of nitrogens with zero attached hydrogens (tertiary/aromatic N) is 2. The Balaban J connectivity index is 3.37. The van der Waals surface area contributed by atoms with Crippen LogP contribution in [0.15, 0.2) is 6.07 Å². The van der Waals surface area contributed by atoms with Crippen LogP contribution >= 0.6 is 22.6 Å². The van der Waals surface area contributed by atoms with Crippen LogP contribution in [0, 0.1) is 13.7 Å². The van der Waals surface area contributed by atoms with Gasteiger partial charge in [-0.2, -0.15) is 4.98 Å². The summed E-state index contributed by atoms with van der Waals surface area (Å²) in [5, 5.41) is 19.2. The first-order chi connectivity index (χ1) is 8.11. The van der Waals surface area contributed by atoms with Gasteiger partial charge in [0, 0.05) is 6.07 Å². The van der Waals surface area contributed by atoms with Gasteiger partial charge in [-0.15, -0.1) is 13.2 Å². The third-order valence-corrected chi connectivity index (χ3v) is 2.35. The van der Waals surface area contributed by atoms with Gasteiger partial charge in [0.15, 0.2) is 0 Å². The van der Waals surface area contributed by atoms with Crippen LogP contribution in [0.1, 0.15) is 10.5 Å². The van der Waals surface area contributed by atoms with E-state index in [1.54, 1.807) is 0 Å². The van der Waals surface area contributed by atoms with Crippen LogP contribution in [-0.4, -0.2) is 27.3 Å². The fraction of sp³-hybridized carbons (Fsp3) is 0.143. The van der Waals surface area contributed by atoms with Crippen molar-refractivity contribution in [2.45, 2.75) is 6.36 Å². The van der Waals surface area contributed by atoms with E-state index in [1.807, 2.05) is 0 Å². The molecule has 0 aliphatic heterocycles. The van der Waals surface area contributed by atoms with Crippen molar-refractivity contribution in [2.75, 3.05) is 0 Å². The molecule has 0 saturated heterocycles. The Hall–Kier alpha value is -1.66. The summed E-state index contributed by atoms with van der Waals surface area (Å²) in [7, 11) is 0. The van der Waals surface area contributed by atoms with Gasteiger partial charge >= 0.3 is 18.0 Å². The van der Waals surface area contributed by atoms with Gasteiger partial charge in [-0.3, -0.25) is 10.1 Å². The largest absolute Gasteiger partial charge is 0.574 e. The molecule has 0 saturated carbocycles. The molecule has 0 unspecified atom stereocenters. The minimum atomic E-state index is -5.07. The summed E-state index contributed by atoms with van der Waals surface area (Å²) in [6.45, 7) is 0. The Kier molecular flexibility index (Phi) is 3.93. The lowest BCUT2D eigenvalue weighted by molar-refractivity contribution is -0.386. The Labute approximate surface area is 110 Å². The zero-order valence-electron chi connectivity index (χ0n) is 8.06. The predicted molar refractivity (Wildman–Crippen MR) is 57.3 cm³/mol. The minimum absolute atomic E-state index is 0.329. The Morgan fingerprint density at radius 1 is 1.56 bits per heavy atom. The van der Waals surface area contributed by atoms with Crippen molar-refractivity contribution >= 4 is 34.2 Å². The van der Waals surface area contributed by atoms with Gasteiger partial charge in [0.05, 0.1) is 8.49 Å². The fourth-order valence-corrected chi connectivity index (χ4v) is 1.70. The van der Waals surface area contributed by atoms with E-state index in [0.29, 0.717) is 6.07 Å². The van der Waals surface area contributed by atoms with Crippen LogP contribution in [0.3, 0.4) is 0 Å². The first-order valence-electron chi connectivity index (χ1n) is 3.96. The van der Waals surface area contributed by atoms with Crippen LogP contribution in [0.2, 0.25) is 0 Å². The molecule has 0 aromatic carbocycles. The molecule has 0 spiro atoms. The molecule has 18 heavy (non-hydrogen) atoms. The smallest absolute Gasteiger partial charge is 0.476 e. The molecule has 0 atom stereocenters. The normalized spacial score (nSPS) is 11.1. The molecule has 1 rings (SSSR count). The number of hydrogen-bond donors (Lipinski definition) is 1. The number of rotatable bonds is 3. The number of alkyl halides is 3. The zero-order chi connectivity index (χ0) is 14.1. The minimum Gasteiger partial charge on any atom is -0.476 e. The molecule has 0 aliphatic carbocycles. The van der Waals surface area contributed by atoms with Gasteiger partial charge in [-0.05, 0) is 22.6 Å². The third-order valence-electron chi connectivity index (χ3n) is 1.53. The summed E-state index contributed by atoms with van der Waals surface area (Å²) in [5.74, 6) is -2.90. The van der Waals surface area contributed by atoms with Crippen molar-refractivity contribution in [2.24, 2.45) is 0 Å². The second-order valence-corrected chi connectivity index (χ2v) is 3.91. The molecular formula is C7H2F3IN2O5. The highest BCUT2D eigenvalue weighted by atomic mass is 127. The molecule has 1 aromatic rings. The van der Waals surface area contributed by atoms with Crippen LogP contribution in [0.5, 0.6) is 5.88 Å². The van der Waals surface area contributed by atoms with Gasteiger partial charge in [-0.1, -0.05) is 0 Å². The monoisotopic (exact) mass is 378 g/mol. The zero-order valence-corrected chi connectivity index (χ0v) is 10.2. The van der Waals surface area contributed by atoms with Gasteiger partial charge in [-0.25, -0.2) is 4.79 Å². The van der Waals surface area contributed by atoms with Crippen LogP contribution in [0.25, 0.3) is 0 Å². The lowest BCUT2D eigenvalue weighted by Crippen LogP contribution is -2.19. The molecule has 11 heteroatoms. The average molecular weight is 378 g/mol. The van der Waals surface area contributed by atoms with Gasteiger partial charge in [0.2, 0.25) is 11.6 Å². The topological polar surface area (TPSA) is 103 Å². The molecule has 1 heterocycles. The summed E-state index contributed by atoms with van der Waals surface area (Å²) < 4.78 is 38.8. The quantitative estimate of drug-likeness (QED) is 0.492. The molecule has 0 amide bonds. The first kappa shape index (κ1) is 14.4. The van der Waals surface area contributed by atoms with Crippen molar-refractivity contribution in [1.29, 1.82) is 0 Å². The number of hydrogen-bond acceptors (Lipinski definition) is 5. The van der Waals surface area contributed by atoms with E-state index in [0.717, 1.165) is 0 Å². The van der Waals surface area contributed by atoms with E-state index < -0.39 is 34.5 Å². The summed E-state index contributed by atoms with van der Waals surface area (Å²) in [5.41, 5.74) is -2.01. The Morgan fingerprint density at radius 2 is 2.11 bits per heavy atom. The van der Waals surface area contributed by atoms with Crippen LogP contribution in [0.4, 0.5) is 18.9 Å². The van der Waals surface area contributed by atoms with Gasteiger partial charge in [0.1, 0.15) is 0 Å². The molecule has 0 bridgehead atoms. The highest BCUT2D eigenvalue weighted by molar-refractivity contribution is 14.1. The lowest BCUT2D eigenvalue weighted by Gasteiger charge is -2.09. The molecule has 0 fully saturated rings. The maximum absolute atomic E-state index is 11.9. The number of carboxylic acids is 1. The number of carboxylic acid groups (broad SMARTS) is 1. The second-order valence-electron chi connectivity index (χ2n) is 2.75. The van der Waals surface area contributed by atoms with Crippen LogP contribution in [-0.2, 0) is 0 Å². The summed E-state index contributed by atoms with van der Waals surface area (Å²) in [6.07, 6.45) is -5.07. The van der Waals surface area contributed by atoms with Gasteiger partial charge in [0.25, 0.3) is 0 Å². The predicted octanol–water partition coefficient (Wildman–Crippen LogP) is 2.19. The van der Waals surface area contributed by atoms with E-state index in [4.69, 9.17) is 5.11 Å². The number of carbonyl (C=O) groups is 1. The van der Waals surface area contributed by atoms with Crippen molar-refractivity contribution in [3.05, 3.63) is 25.4 Å². The molecule has 1 aromatic heterocycles. The van der Waals surface area contributed by atoms with E-state index in [-0.39, 0.29) is 3.57 Å². The number of aromatic carboxylic acids is 1. The number of pyridine rings is 1. The maximum atomic E-state index is 11.9. The van der Waals surface area contributed by atoms with Crippen molar-refractivity contribution < 1.29 is 32.7 Å². The molecule has 0 aliphatic rings. The highest BCUT2D eigenvalue weighted by Crippen LogP contribution is 2.30. The van der Waals surface area contributed by atoms with E-state index >= 15 is 0 Å². The maximum Gasteiger partial charge on any atom is 0.574 e. The van der Waals surface area contributed by atoms with Gasteiger partial charge < -0.3 is 9.84 Å². The number of halogens is 4. The molecule has 1 N–H and O–H groups in total. The number of nitro groups is 1. The standard InChI is InChI=1S/C7H2F3IN2O5/c8-7(9,10)18-3-1-2(11)5(13(16)17)4(12-3)6(14)15/h1H,(H,14,15). The summed E-state index contributed by atoms with van der Waals surface area (Å²) in [4.78, 5) is 23.2. The summed E-state index contributed by atoms with van der Waals surface area (Å²) in [6, 6.07) is 0.624. The summed E-state index contributed by atoms with van der Waals surface area (Å²) >= 11 is 1.32. The molecule has 7 nitrogen and oxygen atoms in total. The van der Waals surface area contributed by atoms with Crippen molar-refractivity contribution in [3.63, 3.8) is 0 Å². The number of ether oxygens (including phenoxy) is 1. The Morgan fingerprint density at radius 3 is 2.50 bits per heavy atom. The third kappa shape index (κ3) is 3.41. The van der Waals surface area contributed by atoms with Crippen molar-refractivity contribution in [3.8, 4) is 5.88 Å². The number of aromatic nitrogens is 1. The lowest BCUT2D eigenvalue weighted by atomic mass is 10.3. The highest BCUT2D eigenvalue weighted by Gasteiger charge is 2.34. The van der Waals surface area contributed by atoms with Crippen molar-refractivity contribution in [1.82, 2.24) is 4.98 Å². The Bertz CT molecular complexity index is 519. The molecule has 98 valence electrons. The second kappa shape index (κ2) is 4.91. The molecular weight excluding hydrogens is 376 g/mol. The fourth-order valence-electron chi connectivity index (χ4n) is 0.979. The van der Waals surface area contributed by atoms with E-state index in [1.165, 1.54) is 22.6 Å². The first-order valence-corrected chi connectivity index (χ1v) is 5.03. The molecule has 0 radical (unpaired) electrons. The van der Waals surface area contributed by atoms with Crippen LogP contribution < -0.4 is 4.74 Å². The van der Waals surface area contributed by atoms with E-state index in [2.05, 4.69) is 9.72 Å². The SMILES string of the molecule is O=C(O)c1nc(OC(F)(F)F)cc(I)c1[N+](=O)[O-]. The average Bonchev–Trinajstić information content (AvgIpc) is 2.12. The van der Waals surface area contributed by atoms with E-state index in [9.17, 15) is 28.1 Å².